The van der Waals surface area contributed by atoms with Gasteiger partial charge in [-0.15, -0.1) is 0 Å². The zero-order valence-corrected chi connectivity index (χ0v) is 11.7. The molecule has 0 aromatic heterocycles. The molecule has 5 nitrogen and oxygen atoms in total. The first kappa shape index (κ1) is 17.6. The smallest absolute Gasteiger partial charge is 0.391 e. The summed E-state index contributed by atoms with van der Waals surface area (Å²) in [4.78, 5) is 27.4. The molecule has 6 heteroatoms. The van der Waals surface area contributed by atoms with Crippen LogP contribution in [0.15, 0.2) is 42.5 Å². The molecule has 0 heterocycles. The van der Waals surface area contributed by atoms with Crippen LogP contribution in [-0.2, 0) is 9.53 Å². The summed E-state index contributed by atoms with van der Waals surface area (Å²) in [5.74, 6) is 0.136. The molecule has 0 saturated heterocycles. The van der Waals surface area contributed by atoms with Crippen molar-refractivity contribution in [3.05, 3.63) is 49.4 Å². The molecule has 1 aromatic rings. The summed E-state index contributed by atoms with van der Waals surface area (Å²) in [5.41, 5.74) is 0.434. The normalized spacial score (nSPS) is 9.32. The van der Waals surface area contributed by atoms with Crippen molar-refractivity contribution in [2.45, 2.75) is 13.3 Å². The van der Waals surface area contributed by atoms with Gasteiger partial charge in [0, 0.05) is 5.57 Å². The number of rotatable bonds is 5. The SMILES string of the molecule is OP(O)Oc1ccccc1.[CH2]CCOC(=O)C(=C)C. The van der Waals surface area contributed by atoms with Gasteiger partial charge < -0.3 is 19.0 Å². The number of hydrogen-bond acceptors (Lipinski definition) is 5. The Kier molecular flexibility index (Phi) is 9.71. The van der Waals surface area contributed by atoms with E-state index >= 15 is 0 Å². The fraction of sp³-hybridized carbons (Fsp3) is 0.231. The molecule has 0 aliphatic rings. The molecule has 0 bridgehead atoms. The lowest BCUT2D eigenvalue weighted by molar-refractivity contribution is -0.138. The summed E-state index contributed by atoms with van der Waals surface area (Å²) in [7, 11) is -2.28. The van der Waals surface area contributed by atoms with Gasteiger partial charge >= 0.3 is 14.6 Å². The van der Waals surface area contributed by atoms with Gasteiger partial charge in [-0.2, -0.15) is 0 Å². The molecule has 0 atom stereocenters. The first-order valence-electron chi connectivity index (χ1n) is 5.50. The molecule has 2 N–H and O–H groups in total. The van der Waals surface area contributed by atoms with Crippen molar-refractivity contribution in [2.24, 2.45) is 0 Å². The number of ether oxygens (including phenoxy) is 1. The van der Waals surface area contributed by atoms with Crippen molar-refractivity contribution < 1.29 is 23.8 Å². The summed E-state index contributed by atoms with van der Waals surface area (Å²) in [6.07, 6.45) is 0.610. The maximum atomic E-state index is 10.6. The highest BCUT2D eigenvalue weighted by Crippen LogP contribution is 2.27. The van der Waals surface area contributed by atoms with Gasteiger partial charge in [0.05, 0.1) is 6.61 Å². The Morgan fingerprint density at radius 3 is 2.32 bits per heavy atom. The van der Waals surface area contributed by atoms with Crippen molar-refractivity contribution in [1.29, 1.82) is 0 Å². The lowest BCUT2D eigenvalue weighted by Crippen LogP contribution is -2.04. The second-order valence-corrected chi connectivity index (χ2v) is 4.11. The van der Waals surface area contributed by atoms with Crippen molar-refractivity contribution in [1.82, 2.24) is 0 Å². The summed E-state index contributed by atoms with van der Waals surface area (Å²) < 4.78 is 9.24. The standard InChI is InChI=1S/C7H11O2.C6H7O3P/c1-4-5-9-7(8)6(2)3;7-10(8)9-6-4-2-1-3-5-6/h1-2,4-5H2,3H3;1-5,7-8H. The highest BCUT2D eigenvalue weighted by molar-refractivity contribution is 7.39. The third-order valence-electron chi connectivity index (χ3n) is 1.66. The van der Waals surface area contributed by atoms with E-state index in [0.717, 1.165) is 0 Å². The van der Waals surface area contributed by atoms with E-state index in [4.69, 9.17) is 9.79 Å². The number of hydrogen-bond donors (Lipinski definition) is 2. The molecule has 105 valence electrons. The van der Waals surface area contributed by atoms with Crippen LogP contribution in [0.5, 0.6) is 5.75 Å². The van der Waals surface area contributed by atoms with E-state index in [-0.39, 0.29) is 5.97 Å². The van der Waals surface area contributed by atoms with Crippen LogP contribution in [0.2, 0.25) is 0 Å². The van der Waals surface area contributed by atoms with E-state index in [2.05, 4.69) is 22.8 Å². The molecule has 0 saturated carbocycles. The minimum Gasteiger partial charge on any atom is -0.462 e. The van der Waals surface area contributed by atoms with Gasteiger partial charge in [-0.05, 0) is 32.4 Å². The molecule has 1 rings (SSSR count). The van der Waals surface area contributed by atoms with Crippen LogP contribution in [0.1, 0.15) is 13.3 Å². The average Bonchev–Trinajstić information content (AvgIpc) is 2.37. The van der Waals surface area contributed by atoms with Crippen LogP contribution in [0.25, 0.3) is 0 Å². The van der Waals surface area contributed by atoms with Crippen LogP contribution in [-0.4, -0.2) is 22.4 Å². The fourth-order valence-electron chi connectivity index (χ4n) is 0.864. The molecule has 1 aromatic carbocycles. The molecule has 0 spiro atoms. The van der Waals surface area contributed by atoms with E-state index in [9.17, 15) is 4.79 Å². The molecule has 0 fully saturated rings. The van der Waals surface area contributed by atoms with E-state index in [0.29, 0.717) is 24.4 Å². The van der Waals surface area contributed by atoms with Gasteiger partial charge in [0.15, 0.2) is 0 Å². The summed E-state index contributed by atoms with van der Waals surface area (Å²) in [6.45, 7) is 8.92. The zero-order chi connectivity index (χ0) is 14.7. The Morgan fingerprint density at radius 2 is 1.89 bits per heavy atom. The molecule has 0 unspecified atom stereocenters. The summed E-state index contributed by atoms with van der Waals surface area (Å²) in [6, 6.07) is 8.65. The van der Waals surface area contributed by atoms with E-state index in [1.54, 1.807) is 31.2 Å². The van der Waals surface area contributed by atoms with Gasteiger partial charge in [-0.25, -0.2) is 4.79 Å². The Labute approximate surface area is 114 Å². The molecule has 0 aliphatic heterocycles. The molecule has 0 aliphatic carbocycles. The zero-order valence-electron chi connectivity index (χ0n) is 10.8. The predicted molar refractivity (Wildman–Crippen MR) is 74.2 cm³/mol. The number of esters is 1. The minimum atomic E-state index is -2.28. The minimum absolute atomic E-state index is 0.335. The first-order chi connectivity index (χ1) is 8.97. The largest absolute Gasteiger partial charge is 0.462 e. The topological polar surface area (TPSA) is 76.0 Å². The second-order valence-electron chi connectivity index (χ2n) is 3.43. The van der Waals surface area contributed by atoms with Crippen LogP contribution in [0.4, 0.5) is 0 Å². The van der Waals surface area contributed by atoms with E-state index < -0.39 is 8.60 Å². The second kappa shape index (κ2) is 10.5. The molecule has 19 heavy (non-hydrogen) atoms. The number of carbonyl (C=O) groups excluding carboxylic acids is 1. The Balaban J connectivity index is 0.000000344. The van der Waals surface area contributed by atoms with Gasteiger partial charge in [-0.1, -0.05) is 24.8 Å². The van der Waals surface area contributed by atoms with Crippen LogP contribution in [0.3, 0.4) is 0 Å². The predicted octanol–water partition coefficient (Wildman–Crippen LogP) is 2.61. The third-order valence-corrected chi connectivity index (χ3v) is 2.03. The number of benzene rings is 1. The van der Waals surface area contributed by atoms with Gasteiger partial charge in [0.25, 0.3) is 0 Å². The van der Waals surface area contributed by atoms with E-state index in [1.807, 2.05) is 6.07 Å². The number of carbonyl (C=O) groups is 1. The Hall–Kier alpha value is -1.42. The molecular weight excluding hydrogens is 267 g/mol. The van der Waals surface area contributed by atoms with Gasteiger partial charge in [0.1, 0.15) is 5.75 Å². The number of para-hydroxylation sites is 1. The summed E-state index contributed by atoms with van der Waals surface area (Å²) in [5, 5.41) is 0. The Morgan fingerprint density at radius 1 is 1.32 bits per heavy atom. The lowest BCUT2D eigenvalue weighted by Gasteiger charge is -2.02. The maximum Gasteiger partial charge on any atom is 0.391 e. The molecule has 0 amide bonds. The van der Waals surface area contributed by atoms with Crippen molar-refractivity contribution in [3.63, 3.8) is 0 Å². The van der Waals surface area contributed by atoms with Crippen LogP contribution >= 0.6 is 8.60 Å². The van der Waals surface area contributed by atoms with Crippen molar-refractivity contribution in [2.75, 3.05) is 6.61 Å². The lowest BCUT2D eigenvalue weighted by atomic mass is 10.3. The van der Waals surface area contributed by atoms with Crippen molar-refractivity contribution in [3.8, 4) is 5.75 Å². The molecular formula is C13H18O5P. The van der Waals surface area contributed by atoms with Gasteiger partial charge in [-0.3, -0.25) is 0 Å². The van der Waals surface area contributed by atoms with Crippen LogP contribution in [0, 0.1) is 6.92 Å². The molecule has 1 radical (unpaired) electrons. The quantitative estimate of drug-likeness (QED) is 0.494. The Bertz CT molecular complexity index is 378. The third kappa shape index (κ3) is 10.2. The van der Waals surface area contributed by atoms with E-state index in [1.165, 1.54) is 0 Å². The van der Waals surface area contributed by atoms with Crippen LogP contribution < -0.4 is 4.52 Å². The summed E-state index contributed by atoms with van der Waals surface area (Å²) >= 11 is 0. The fourth-order valence-corrected chi connectivity index (χ4v) is 1.17. The van der Waals surface area contributed by atoms with Crippen molar-refractivity contribution >= 4 is 14.6 Å². The first-order valence-corrected chi connectivity index (χ1v) is 6.66. The monoisotopic (exact) mass is 285 g/mol. The maximum absolute atomic E-state index is 10.6. The highest BCUT2D eigenvalue weighted by Gasteiger charge is 2.00. The van der Waals surface area contributed by atoms with Gasteiger partial charge in [0.2, 0.25) is 0 Å². The average molecular weight is 285 g/mol. The highest BCUT2D eigenvalue weighted by atomic mass is 31.2.